The molecule has 1 fully saturated rings. The lowest BCUT2D eigenvalue weighted by Crippen LogP contribution is -2.38. The van der Waals surface area contributed by atoms with Gasteiger partial charge < -0.3 is 10.7 Å². The number of benzene rings is 1. The summed E-state index contributed by atoms with van der Waals surface area (Å²) in [6.07, 6.45) is 7.69. The number of aryl methyl sites for hydroxylation is 1. The minimum atomic E-state index is -0.0806. The third kappa shape index (κ3) is 2.33. The molecule has 1 aliphatic carbocycles. The lowest BCUT2D eigenvalue weighted by Gasteiger charge is -2.38. The molecule has 1 aromatic heterocycles. The van der Waals surface area contributed by atoms with Crippen molar-refractivity contribution >= 4 is 0 Å². The van der Waals surface area contributed by atoms with Crippen LogP contribution in [0.15, 0.2) is 35.3 Å². The molecule has 0 bridgehead atoms. The summed E-state index contributed by atoms with van der Waals surface area (Å²) in [6, 6.07) is 8.22. The summed E-state index contributed by atoms with van der Waals surface area (Å²) in [7, 11) is 0. The van der Waals surface area contributed by atoms with Crippen LogP contribution in [0.3, 0.4) is 0 Å². The number of hydrogen-bond donors (Lipinski definition) is 2. The van der Waals surface area contributed by atoms with E-state index in [4.69, 9.17) is 5.73 Å². The average molecular weight is 285 g/mol. The summed E-state index contributed by atoms with van der Waals surface area (Å²) in [4.78, 5) is 14.9. The zero-order chi connectivity index (χ0) is 14.9. The van der Waals surface area contributed by atoms with Crippen molar-refractivity contribution in [1.29, 1.82) is 0 Å². The highest BCUT2D eigenvalue weighted by molar-refractivity contribution is 5.47. The number of para-hydroxylation sites is 1. The minimum Gasteiger partial charge on any atom is -0.330 e. The van der Waals surface area contributed by atoms with Gasteiger partial charge in [0.25, 0.3) is 0 Å². The number of aromatic amines is 1. The quantitative estimate of drug-likeness (QED) is 0.910. The van der Waals surface area contributed by atoms with Crippen molar-refractivity contribution < 1.29 is 0 Å². The summed E-state index contributed by atoms with van der Waals surface area (Å²) in [5.74, 6) is 0. The number of nitrogens with two attached hydrogens (primary N) is 1. The van der Waals surface area contributed by atoms with E-state index in [2.05, 4.69) is 17.1 Å². The molecular weight excluding hydrogens is 262 g/mol. The van der Waals surface area contributed by atoms with Crippen molar-refractivity contribution in [3.8, 4) is 5.69 Å². The fraction of sp³-hybridized carbons (Fsp3) is 0.471. The predicted octanol–water partition coefficient (Wildman–Crippen LogP) is 2.63. The SMILES string of the molecule is Cc1c[nH]c(=O)n1-c1ccccc1C1(CN)CCCCC1. The highest BCUT2D eigenvalue weighted by Crippen LogP contribution is 2.41. The van der Waals surface area contributed by atoms with Gasteiger partial charge in [-0.3, -0.25) is 4.57 Å². The molecule has 21 heavy (non-hydrogen) atoms. The molecule has 1 saturated carbocycles. The number of rotatable bonds is 3. The number of aromatic nitrogens is 2. The Labute approximate surface area is 125 Å². The van der Waals surface area contributed by atoms with E-state index in [9.17, 15) is 4.79 Å². The summed E-state index contributed by atoms with van der Waals surface area (Å²) < 4.78 is 1.77. The Hall–Kier alpha value is -1.81. The first kappa shape index (κ1) is 14.1. The Morgan fingerprint density at radius 2 is 1.95 bits per heavy atom. The molecular formula is C17H23N3O. The van der Waals surface area contributed by atoms with Crippen molar-refractivity contribution in [2.45, 2.75) is 44.4 Å². The van der Waals surface area contributed by atoms with Gasteiger partial charge in [-0.2, -0.15) is 0 Å². The van der Waals surface area contributed by atoms with Crippen molar-refractivity contribution in [2.75, 3.05) is 6.54 Å². The fourth-order valence-corrected chi connectivity index (χ4v) is 3.68. The first-order valence-electron chi connectivity index (χ1n) is 7.75. The van der Waals surface area contributed by atoms with Crippen LogP contribution in [0.2, 0.25) is 0 Å². The molecule has 2 aromatic rings. The van der Waals surface area contributed by atoms with Gasteiger partial charge in [0, 0.05) is 23.9 Å². The Morgan fingerprint density at radius 1 is 1.24 bits per heavy atom. The molecule has 0 atom stereocenters. The Balaban J connectivity index is 2.18. The zero-order valence-corrected chi connectivity index (χ0v) is 12.6. The van der Waals surface area contributed by atoms with Gasteiger partial charge in [-0.05, 0) is 31.4 Å². The van der Waals surface area contributed by atoms with Gasteiger partial charge in [0.1, 0.15) is 0 Å². The maximum Gasteiger partial charge on any atom is 0.330 e. The third-order valence-electron chi connectivity index (χ3n) is 4.88. The van der Waals surface area contributed by atoms with E-state index < -0.39 is 0 Å². The van der Waals surface area contributed by atoms with Crippen molar-refractivity contribution in [1.82, 2.24) is 9.55 Å². The van der Waals surface area contributed by atoms with Crippen LogP contribution < -0.4 is 11.4 Å². The molecule has 1 heterocycles. The number of hydrogen-bond acceptors (Lipinski definition) is 2. The molecule has 112 valence electrons. The summed E-state index contributed by atoms with van der Waals surface area (Å²) in [6.45, 7) is 2.59. The van der Waals surface area contributed by atoms with Crippen molar-refractivity contribution in [2.24, 2.45) is 5.73 Å². The van der Waals surface area contributed by atoms with Crippen LogP contribution in [0.1, 0.15) is 43.4 Å². The predicted molar refractivity (Wildman–Crippen MR) is 84.9 cm³/mol. The molecule has 0 aliphatic heterocycles. The fourth-order valence-electron chi connectivity index (χ4n) is 3.68. The van der Waals surface area contributed by atoms with Crippen LogP contribution in [0.4, 0.5) is 0 Å². The van der Waals surface area contributed by atoms with Crippen LogP contribution in [-0.2, 0) is 5.41 Å². The second-order valence-corrected chi connectivity index (χ2v) is 6.13. The maximum absolute atomic E-state index is 12.1. The Bertz CT molecular complexity index is 677. The van der Waals surface area contributed by atoms with Crippen LogP contribution in [0.25, 0.3) is 5.69 Å². The Kier molecular flexibility index (Phi) is 3.72. The molecule has 3 rings (SSSR count). The lowest BCUT2D eigenvalue weighted by molar-refractivity contribution is 0.300. The second-order valence-electron chi connectivity index (χ2n) is 6.13. The normalized spacial score (nSPS) is 17.8. The first-order valence-corrected chi connectivity index (χ1v) is 7.75. The van der Waals surface area contributed by atoms with Crippen molar-refractivity contribution in [3.05, 3.63) is 52.2 Å². The largest absolute Gasteiger partial charge is 0.330 e. The summed E-state index contributed by atoms with van der Waals surface area (Å²) >= 11 is 0. The van der Waals surface area contributed by atoms with E-state index in [0.29, 0.717) is 6.54 Å². The molecule has 0 amide bonds. The topological polar surface area (TPSA) is 63.8 Å². The van der Waals surface area contributed by atoms with Crippen LogP contribution in [0.5, 0.6) is 0 Å². The molecule has 0 saturated heterocycles. The lowest BCUT2D eigenvalue weighted by atomic mass is 9.69. The van der Waals surface area contributed by atoms with Crippen LogP contribution in [-0.4, -0.2) is 16.1 Å². The van der Waals surface area contributed by atoms with Gasteiger partial charge >= 0.3 is 5.69 Å². The van der Waals surface area contributed by atoms with E-state index in [0.717, 1.165) is 24.2 Å². The van der Waals surface area contributed by atoms with Gasteiger partial charge in [0.15, 0.2) is 0 Å². The second kappa shape index (κ2) is 5.53. The van der Waals surface area contributed by atoms with E-state index in [-0.39, 0.29) is 11.1 Å². The van der Waals surface area contributed by atoms with E-state index in [1.165, 1.54) is 24.8 Å². The molecule has 0 spiro atoms. The van der Waals surface area contributed by atoms with E-state index in [1.807, 2.05) is 19.1 Å². The molecule has 4 heteroatoms. The first-order chi connectivity index (χ1) is 10.2. The summed E-state index contributed by atoms with van der Waals surface area (Å²) in [5.41, 5.74) is 9.23. The Morgan fingerprint density at radius 3 is 2.57 bits per heavy atom. The monoisotopic (exact) mass is 285 g/mol. The smallest absolute Gasteiger partial charge is 0.330 e. The van der Waals surface area contributed by atoms with Crippen LogP contribution >= 0.6 is 0 Å². The van der Waals surface area contributed by atoms with Crippen LogP contribution in [0, 0.1) is 6.92 Å². The number of H-pyrrole nitrogens is 1. The molecule has 0 unspecified atom stereocenters. The molecule has 4 nitrogen and oxygen atoms in total. The summed E-state index contributed by atoms with van der Waals surface area (Å²) in [5, 5.41) is 0. The van der Waals surface area contributed by atoms with Gasteiger partial charge in [0.05, 0.1) is 5.69 Å². The highest BCUT2D eigenvalue weighted by atomic mass is 16.1. The number of nitrogens with one attached hydrogen (secondary N) is 1. The average Bonchev–Trinajstić information content (AvgIpc) is 2.87. The van der Waals surface area contributed by atoms with Gasteiger partial charge in [0.2, 0.25) is 0 Å². The minimum absolute atomic E-state index is 0.0119. The third-order valence-corrected chi connectivity index (χ3v) is 4.88. The van der Waals surface area contributed by atoms with Gasteiger partial charge in [-0.15, -0.1) is 0 Å². The van der Waals surface area contributed by atoms with Gasteiger partial charge in [-0.1, -0.05) is 37.5 Å². The molecule has 1 aliphatic rings. The maximum atomic E-state index is 12.1. The highest BCUT2D eigenvalue weighted by Gasteiger charge is 2.34. The standard InChI is InChI=1S/C17H23N3O/c1-13-11-19-16(21)20(13)15-8-4-3-7-14(15)17(12-18)9-5-2-6-10-17/h3-4,7-8,11H,2,5-6,9-10,12,18H2,1H3,(H,19,21). The number of imidazole rings is 1. The van der Waals surface area contributed by atoms with Gasteiger partial charge in [-0.25, -0.2) is 4.79 Å². The zero-order valence-electron chi connectivity index (χ0n) is 12.6. The van der Waals surface area contributed by atoms with Crippen molar-refractivity contribution in [3.63, 3.8) is 0 Å². The molecule has 1 aromatic carbocycles. The number of nitrogens with zero attached hydrogens (tertiary/aromatic N) is 1. The molecule has 0 radical (unpaired) electrons. The van der Waals surface area contributed by atoms with E-state index in [1.54, 1.807) is 10.8 Å². The van der Waals surface area contributed by atoms with E-state index >= 15 is 0 Å². The molecule has 3 N–H and O–H groups in total.